The lowest BCUT2D eigenvalue weighted by Gasteiger charge is -2.10. The number of carbonyl (C=O) groups is 2. The molecule has 0 fully saturated rings. The molecule has 0 unspecified atom stereocenters. The van der Waals surface area contributed by atoms with Crippen molar-refractivity contribution in [3.05, 3.63) is 72.4 Å². The summed E-state index contributed by atoms with van der Waals surface area (Å²) in [6.07, 6.45) is -0.0822. The van der Waals surface area contributed by atoms with Crippen molar-refractivity contribution in [1.29, 1.82) is 0 Å². The molecule has 2 N–H and O–H groups in total. The lowest BCUT2D eigenvalue weighted by Crippen LogP contribution is -2.27. The summed E-state index contributed by atoms with van der Waals surface area (Å²) in [5, 5.41) is 2.98. The highest BCUT2D eigenvalue weighted by atomic mass is 16.7. The van der Waals surface area contributed by atoms with Crippen molar-refractivity contribution in [1.82, 2.24) is 5.48 Å². The minimum atomic E-state index is -0.620. The summed E-state index contributed by atoms with van der Waals surface area (Å²) in [5.41, 5.74) is 3.72. The van der Waals surface area contributed by atoms with E-state index in [1.807, 2.05) is 0 Å². The van der Waals surface area contributed by atoms with Gasteiger partial charge in [0.1, 0.15) is 5.75 Å². The highest BCUT2D eigenvalue weighted by Crippen LogP contribution is 2.17. The van der Waals surface area contributed by atoms with Gasteiger partial charge in [-0.05, 0) is 36.4 Å². The largest absolute Gasteiger partial charge is 0.497 e. The molecule has 0 aromatic heterocycles. The molecule has 124 valence electrons. The first-order chi connectivity index (χ1) is 11.6. The van der Waals surface area contributed by atoms with E-state index in [1.165, 1.54) is 0 Å². The third-order valence-electron chi connectivity index (χ3n) is 3.06. The minimum Gasteiger partial charge on any atom is -0.497 e. The second-order valence-electron chi connectivity index (χ2n) is 4.91. The molecule has 0 heterocycles. The molecular weight excluding hydrogens is 308 g/mol. The van der Waals surface area contributed by atoms with Crippen LogP contribution >= 0.6 is 0 Å². The number of carbonyl (C=O) groups excluding carboxylic acids is 2. The second kappa shape index (κ2) is 8.38. The van der Waals surface area contributed by atoms with Gasteiger partial charge < -0.3 is 14.9 Å². The number of anilines is 1. The maximum atomic E-state index is 11.7. The number of hydrogen-bond acceptors (Lipinski definition) is 5. The summed E-state index contributed by atoms with van der Waals surface area (Å²) in [5.74, 6) is -0.378. The number of ether oxygens (including phenoxy) is 1. The number of amides is 1. The number of benzene rings is 2. The molecule has 0 aliphatic carbocycles. The van der Waals surface area contributed by atoms with Crippen molar-refractivity contribution in [2.24, 2.45) is 0 Å². The molecular formula is C18H18N2O4. The summed E-state index contributed by atoms with van der Waals surface area (Å²) in [7, 11) is 1.58. The first kappa shape index (κ1) is 17.1. The van der Waals surface area contributed by atoms with Gasteiger partial charge in [0.25, 0.3) is 5.91 Å². The van der Waals surface area contributed by atoms with Gasteiger partial charge in [-0.2, -0.15) is 5.48 Å². The molecule has 0 bridgehead atoms. The SMILES string of the molecule is C=C(CC(=O)ONC(=O)c1ccccc1)Nc1ccc(OC)cc1. The van der Waals surface area contributed by atoms with Gasteiger partial charge in [-0.25, -0.2) is 4.79 Å². The van der Waals surface area contributed by atoms with Gasteiger partial charge in [0.05, 0.1) is 13.5 Å². The molecule has 24 heavy (non-hydrogen) atoms. The fraction of sp³-hybridized carbons (Fsp3) is 0.111. The summed E-state index contributed by atoms with van der Waals surface area (Å²) in [6.45, 7) is 3.76. The zero-order valence-electron chi connectivity index (χ0n) is 13.2. The molecule has 0 aliphatic rings. The summed E-state index contributed by atoms with van der Waals surface area (Å²) < 4.78 is 5.07. The molecule has 0 saturated heterocycles. The van der Waals surface area contributed by atoms with Crippen LogP contribution in [0, 0.1) is 0 Å². The van der Waals surface area contributed by atoms with Crippen LogP contribution in [-0.4, -0.2) is 19.0 Å². The van der Waals surface area contributed by atoms with Gasteiger partial charge in [-0.15, -0.1) is 0 Å². The van der Waals surface area contributed by atoms with Crippen LogP contribution in [0.25, 0.3) is 0 Å². The van der Waals surface area contributed by atoms with Crippen molar-refractivity contribution in [3.8, 4) is 5.75 Å². The van der Waals surface area contributed by atoms with Gasteiger partial charge in [-0.1, -0.05) is 24.8 Å². The van der Waals surface area contributed by atoms with E-state index >= 15 is 0 Å². The fourth-order valence-electron chi connectivity index (χ4n) is 1.88. The van der Waals surface area contributed by atoms with Crippen LogP contribution in [0.15, 0.2) is 66.9 Å². The molecule has 0 saturated carbocycles. The Morgan fingerprint density at radius 2 is 1.71 bits per heavy atom. The van der Waals surface area contributed by atoms with Crippen LogP contribution in [0.1, 0.15) is 16.8 Å². The Morgan fingerprint density at radius 1 is 1.04 bits per heavy atom. The maximum Gasteiger partial charge on any atom is 0.338 e. The summed E-state index contributed by atoms with van der Waals surface area (Å²) >= 11 is 0. The van der Waals surface area contributed by atoms with Gasteiger partial charge in [0, 0.05) is 16.9 Å². The van der Waals surface area contributed by atoms with E-state index < -0.39 is 11.9 Å². The summed E-state index contributed by atoms with van der Waals surface area (Å²) in [4.78, 5) is 28.2. The standard InChI is InChI=1S/C18H18N2O4/c1-13(19-15-8-10-16(23-2)11-9-15)12-17(21)24-20-18(22)14-6-4-3-5-7-14/h3-11,19H,1,12H2,2H3,(H,20,22). The first-order valence-electron chi connectivity index (χ1n) is 7.22. The number of rotatable bonds is 6. The normalized spacial score (nSPS) is 9.71. The highest BCUT2D eigenvalue weighted by Gasteiger charge is 2.10. The van der Waals surface area contributed by atoms with E-state index in [9.17, 15) is 9.59 Å². The van der Waals surface area contributed by atoms with Crippen molar-refractivity contribution < 1.29 is 19.2 Å². The Bertz CT molecular complexity index is 712. The monoisotopic (exact) mass is 326 g/mol. The van der Waals surface area contributed by atoms with Crippen LogP contribution in [0.4, 0.5) is 5.69 Å². The lowest BCUT2D eigenvalue weighted by molar-refractivity contribution is -0.148. The lowest BCUT2D eigenvalue weighted by atomic mass is 10.2. The maximum absolute atomic E-state index is 11.7. The Balaban J connectivity index is 1.77. The van der Waals surface area contributed by atoms with Crippen LogP contribution in [0.5, 0.6) is 5.75 Å². The quantitative estimate of drug-likeness (QED) is 0.798. The second-order valence-corrected chi connectivity index (χ2v) is 4.91. The van der Waals surface area contributed by atoms with Crippen LogP contribution in [-0.2, 0) is 9.63 Å². The number of hydroxylamine groups is 1. The highest BCUT2D eigenvalue weighted by molar-refractivity contribution is 5.94. The van der Waals surface area contributed by atoms with Gasteiger partial charge in [0.2, 0.25) is 0 Å². The number of hydrogen-bond donors (Lipinski definition) is 2. The van der Waals surface area contributed by atoms with Crippen molar-refractivity contribution in [2.45, 2.75) is 6.42 Å². The molecule has 0 aliphatic heterocycles. The first-order valence-corrected chi connectivity index (χ1v) is 7.22. The average molecular weight is 326 g/mol. The Morgan fingerprint density at radius 3 is 2.33 bits per heavy atom. The molecule has 6 nitrogen and oxygen atoms in total. The smallest absolute Gasteiger partial charge is 0.338 e. The Labute approximate surface area is 140 Å². The third kappa shape index (κ3) is 5.17. The van der Waals surface area contributed by atoms with E-state index in [0.717, 1.165) is 11.4 Å². The zero-order valence-corrected chi connectivity index (χ0v) is 13.2. The minimum absolute atomic E-state index is 0.0822. The van der Waals surface area contributed by atoms with E-state index in [-0.39, 0.29) is 6.42 Å². The number of methoxy groups -OCH3 is 1. The molecule has 1 amide bonds. The van der Waals surface area contributed by atoms with Crippen LogP contribution in [0.3, 0.4) is 0 Å². The average Bonchev–Trinajstić information content (AvgIpc) is 2.61. The number of nitrogens with one attached hydrogen (secondary N) is 2. The van der Waals surface area contributed by atoms with Gasteiger partial charge in [0.15, 0.2) is 0 Å². The van der Waals surface area contributed by atoms with Crippen LogP contribution in [0.2, 0.25) is 0 Å². The van der Waals surface area contributed by atoms with Crippen LogP contribution < -0.4 is 15.5 Å². The topological polar surface area (TPSA) is 76.7 Å². The van der Waals surface area contributed by atoms with E-state index in [4.69, 9.17) is 9.57 Å². The predicted molar refractivity (Wildman–Crippen MR) is 90.4 cm³/mol. The molecule has 0 atom stereocenters. The van der Waals surface area contributed by atoms with E-state index in [0.29, 0.717) is 11.3 Å². The third-order valence-corrected chi connectivity index (χ3v) is 3.06. The zero-order chi connectivity index (χ0) is 17.4. The molecule has 0 radical (unpaired) electrons. The van der Waals surface area contributed by atoms with Crippen molar-refractivity contribution in [3.63, 3.8) is 0 Å². The predicted octanol–water partition coefficient (Wildman–Crippen LogP) is 2.90. The fourth-order valence-corrected chi connectivity index (χ4v) is 1.88. The molecule has 2 aromatic rings. The Kier molecular flexibility index (Phi) is 5.96. The van der Waals surface area contributed by atoms with E-state index in [1.54, 1.807) is 61.7 Å². The molecule has 0 spiro atoms. The van der Waals surface area contributed by atoms with Gasteiger partial charge >= 0.3 is 5.97 Å². The van der Waals surface area contributed by atoms with Gasteiger partial charge in [-0.3, -0.25) is 4.79 Å². The summed E-state index contributed by atoms with van der Waals surface area (Å²) in [6, 6.07) is 15.6. The van der Waals surface area contributed by atoms with Crippen molar-refractivity contribution >= 4 is 17.6 Å². The van der Waals surface area contributed by atoms with E-state index in [2.05, 4.69) is 17.4 Å². The molecule has 2 rings (SSSR count). The Hall–Kier alpha value is -3.28. The van der Waals surface area contributed by atoms with Crippen molar-refractivity contribution in [2.75, 3.05) is 12.4 Å². The molecule has 2 aromatic carbocycles. The molecule has 6 heteroatoms.